The monoisotopic (exact) mass is 159 g/mol. The maximum absolute atomic E-state index is 4.79. The Balaban J connectivity index is 3.75. The minimum Gasteiger partial charge on any atom is -0.371 e. The van der Waals surface area contributed by atoms with Gasteiger partial charge in [-0.05, 0) is 11.8 Å². The molecule has 0 heterocycles. The van der Waals surface area contributed by atoms with E-state index in [-0.39, 0.29) is 0 Å². The van der Waals surface area contributed by atoms with Crippen molar-refractivity contribution in [3.63, 3.8) is 0 Å². The molecular formula is C8H17NS. The van der Waals surface area contributed by atoms with Gasteiger partial charge >= 0.3 is 0 Å². The van der Waals surface area contributed by atoms with Crippen molar-refractivity contribution in [1.82, 2.24) is 4.90 Å². The first kappa shape index (κ1) is 9.89. The maximum Gasteiger partial charge on any atom is 0.0638 e. The van der Waals surface area contributed by atoms with Crippen LogP contribution in [-0.2, 0) is 0 Å². The van der Waals surface area contributed by atoms with Gasteiger partial charge < -0.3 is 4.90 Å². The van der Waals surface area contributed by atoms with E-state index in [1.165, 1.54) is 6.42 Å². The lowest BCUT2D eigenvalue weighted by Gasteiger charge is -2.27. The summed E-state index contributed by atoms with van der Waals surface area (Å²) in [5, 5.41) is 0. The fraction of sp³-hybridized carbons (Fsp3) is 0.875. The first-order valence-corrected chi connectivity index (χ1v) is 4.14. The van der Waals surface area contributed by atoms with Crippen LogP contribution in [0.4, 0.5) is 0 Å². The zero-order valence-corrected chi connectivity index (χ0v) is 8.16. The summed E-state index contributed by atoms with van der Waals surface area (Å²) >= 11 is 4.79. The molecule has 10 heavy (non-hydrogen) atoms. The van der Waals surface area contributed by atoms with Crippen LogP contribution in [0.1, 0.15) is 27.2 Å². The Labute approximate surface area is 69.4 Å². The van der Waals surface area contributed by atoms with E-state index in [4.69, 9.17) is 12.2 Å². The largest absolute Gasteiger partial charge is 0.371 e. The Bertz CT molecular complexity index is 110. The molecule has 0 aromatic heterocycles. The van der Waals surface area contributed by atoms with Gasteiger partial charge in [0, 0.05) is 13.6 Å². The number of thiocarbonyl (C=S) groups is 1. The van der Waals surface area contributed by atoms with E-state index in [2.05, 4.69) is 25.7 Å². The lowest BCUT2D eigenvalue weighted by Crippen LogP contribution is -2.29. The van der Waals surface area contributed by atoms with Gasteiger partial charge in [-0.1, -0.05) is 33.0 Å². The van der Waals surface area contributed by atoms with Crippen molar-refractivity contribution in [2.45, 2.75) is 27.2 Å². The molecule has 0 aliphatic rings. The lowest BCUT2D eigenvalue weighted by atomic mass is 9.90. The number of hydrogen-bond acceptors (Lipinski definition) is 1. The van der Waals surface area contributed by atoms with Crippen LogP contribution in [0.15, 0.2) is 0 Å². The van der Waals surface area contributed by atoms with Crippen LogP contribution < -0.4 is 0 Å². The topological polar surface area (TPSA) is 3.24 Å². The highest BCUT2D eigenvalue weighted by atomic mass is 32.1. The Morgan fingerprint density at radius 3 is 2.30 bits per heavy atom. The van der Waals surface area contributed by atoms with E-state index in [1.807, 2.05) is 7.05 Å². The number of hydrogen-bond donors (Lipinski definition) is 0. The molecule has 0 aromatic rings. The van der Waals surface area contributed by atoms with Gasteiger partial charge in [0.25, 0.3) is 0 Å². The molecule has 0 aromatic carbocycles. The average molecular weight is 159 g/mol. The van der Waals surface area contributed by atoms with Gasteiger partial charge in [-0.2, -0.15) is 0 Å². The van der Waals surface area contributed by atoms with Crippen LogP contribution in [-0.4, -0.2) is 24.0 Å². The molecule has 0 unspecified atom stereocenters. The summed E-state index contributed by atoms with van der Waals surface area (Å²) in [6.07, 6.45) is 1.19. The summed E-state index contributed by atoms with van der Waals surface area (Å²) in [6.45, 7) is 7.76. The van der Waals surface area contributed by atoms with Crippen molar-refractivity contribution in [3.8, 4) is 0 Å². The van der Waals surface area contributed by atoms with Gasteiger partial charge in [-0.25, -0.2) is 0 Å². The third-order valence-electron chi connectivity index (χ3n) is 1.81. The molecule has 0 rings (SSSR count). The first-order valence-electron chi connectivity index (χ1n) is 3.67. The van der Waals surface area contributed by atoms with E-state index in [0.29, 0.717) is 5.41 Å². The van der Waals surface area contributed by atoms with E-state index in [0.717, 1.165) is 6.54 Å². The van der Waals surface area contributed by atoms with Crippen molar-refractivity contribution in [1.29, 1.82) is 0 Å². The van der Waals surface area contributed by atoms with Crippen LogP contribution in [0.5, 0.6) is 0 Å². The molecule has 0 aliphatic carbocycles. The quantitative estimate of drug-likeness (QED) is 0.579. The standard InChI is InChI=1S/C8H17NS/c1-5-8(2,3)6-9(4)7-10/h7H,5-6H2,1-4H3. The Morgan fingerprint density at radius 1 is 1.50 bits per heavy atom. The van der Waals surface area contributed by atoms with Gasteiger partial charge in [0.2, 0.25) is 0 Å². The minimum absolute atomic E-state index is 0.393. The molecule has 0 radical (unpaired) electrons. The molecular weight excluding hydrogens is 142 g/mol. The van der Waals surface area contributed by atoms with Crippen molar-refractivity contribution in [2.24, 2.45) is 5.41 Å². The predicted octanol–water partition coefficient (Wildman–Crippen LogP) is 2.31. The Morgan fingerprint density at radius 2 is 2.00 bits per heavy atom. The number of nitrogens with zero attached hydrogens (tertiary/aromatic N) is 1. The number of rotatable bonds is 4. The van der Waals surface area contributed by atoms with E-state index >= 15 is 0 Å². The van der Waals surface area contributed by atoms with Crippen LogP contribution in [0, 0.1) is 5.41 Å². The maximum atomic E-state index is 4.79. The zero-order valence-electron chi connectivity index (χ0n) is 7.35. The van der Waals surface area contributed by atoms with Gasteiger partial charge in [-0.3, -0.25) is 0 Å². The van der Waals surface area contributed by atoms with E-state index in [1.54, 1.807) is 5.49 Å². The third kappa shape index (κ3) is 3.83. The van der Waals surface area contributed by atoms with E-state index in [9.17, 15) is 0 Å². The second-order valence-electron chi connectivity index (χ2n) is 3.54. The van der Waals surface area contributed by atoms with Gasteiger partial charge in [0.1, 0.15) is 0 Å². The van der Waals surface area contributed by atoms with Crippen molar-refractivity contribution in [3.05, 3.63) is 0 Å². The minimum atomic E-state index is 0.393. The summed E-state index contributed by atoms with van der Waals surface area (Å²) in [4.78, 5) is 2.05. The highest BCUT2D eigenvalue weighted by Crippen LogP contribution is 2.19. The summed E-state index contributed by atoms with van der Waals surface area (Å²) in [7, 11) is 2.02. The van der Waals surface area contributed by atoms with Crippen LogP contribution in [0.3, 0.4) is 0 Å². The SMILES string of the molecule is CCC(C)(C)CN(C)C=S. The fourth-order valence-electron chi connectivity index (χ4n) is 0.824. The molecule has 1 nitrogen and oxygen atoms in total. The summed E-state index contributed by atoms with van der Waals surface area (Å²) in [5.41, 5.74) is 2.10. The van der Waals surface area contributed by atoms with Crippen molar-refractivity contribution < 1.29 is 0 Å². The van der Waals surface area contributed by atoms with Crippen molar-refractivity contribution in [2.75, 3.05) is 13.6 Å². The predicted molar refractivity (Wildman–Crippen MR) is 50.4 cm³/mol. The molecule has 2 heteroatoms. The molecule has 0 N–H and O–H groups in total. The molecule has 0 saturated carbocycles. The summed E-state index contributed by atoms with van der Waals surface area (Å²) in [5.74, 6) is 0. The van der Waals surface area contributed by atoms with Gasteiger partial charge in [-0.15, -0.1) is 0 Å². The molecule has 0 spiro atoms. The summed E-state index contributed by atoms with van der Waals surface area (Å²) < 4.78 is 0. The third-order valence-corrected chi connectivity index (χ3v) is 2.17. The first-order chi connectivity index (χ1) is 4.52. The zero-order chi connectivity index (χ0) is 8.20. The van der Waals surface area contributed by atoms with Gasteiger partial charge in [0.05, 0.1) is 5.49 Å². The lowest BCUT2D eigenvalue weighted by molar-refractivity contribution is 0.274. The normalized spacial score (nSPS) is 11.2. The highest BCUT2D eigenvalue weighted by Gasteiger charge is 2.15. The van der Waals surface area contributed by atoms with Crippen LogP contribution >= 0.6 is 12.2 Å². The Kier molecular flexibility index (Phi) is 3.87. The van der Waals surface area contributed by atoms with Crippen LogP contribution in [0.25, 0.3) is 0 Å². The molecule has 60 valence electrons. The average Bonchev–Trinajstić information content (AvgIpc) is 1.87. The molecule has 0 atom stereocenters. The molecule has 0 saturated heterocycles. The van der Waals surface area contributed by atoms with Crippen molar-refractivity contribution >= 4 is 17.7 Å². The molecule has 0 aliphatic heterocycles. The Hall–Kier alpha value is -0.110. The second-order valence-corrected chi connectivity index (χ2v) is 3.75. The molecule has 0 fully saturated rings. The van der Waals surface area contributed by atoms with Crippen LogP contribution in [0.2, 0.25) is 0 Å². The summed E-state index contributed by atoms with van der Waals surface area (Å²) in [6, 6.07) is 0. The van der Waals surface area contributed by atoms with E-state index < -0.39 is 0 Å². The highest BCUT2D eigenvalue weighted by molar-refractivity contribution is 7.78. The molecule has 0 bridgehead atoms. The smallest absolute Gasteiger partial charge is 0.0638 e. The molecule has 0 amide bonds. The fourth-order valence-corrected chi connectivity index (χ4v) is 0.899. The second kappa shape index (κ2) is 3.91. The van der Waals surface area contributed by atoms with Gasteiger partial charge in [0.15, 0.2) is 0 Å².